The third-order valence-electron chi connectivity index (χ3n) is 1.94. The van der Waals surface area contributed by atoms with Crippen LogP contribution in [0.25, 0.3) is 10.9 Å². The quantitative estimate of drug-likeness (QED) is 0.576. The predicted molar refractivity (Wildman–Crippen MR) is 51.8 cm³/mol. The standard InChI is InChI=1S/C10H7ClNO/c11-9(6-13)8-2-1-7-3-4-12-10(7)5-8/h1-2,4-6,9,12H. The summed E-state index contributed by atoms with van der Waals surface area (Å²) in [6.45, 7) is 0. The average molecular weight is 193 g/mol. The van der Waals surface area contributed by atoms with Crippen LogP contribution in [0.15, 0.2) is 24.4 Å². The highest BCUT2D eigenvalue weighted by atomic mass is 35.5. The number of carbonyl (C=O) groups is 1. The van der Waals surface area contributed by atoms with Gasteiger partial charge in [-0.15, -0.1) is 11.6 Å². The van der Waals surface area contributed by atoms with Gasteiger partial charge in [-0.05, 0) is 11.6 Å². The van der Waals surface area contributed by atoms with E-state index in [0.29, 0.717) is 0 Å². The molecular formula is C10H7ClNO. The molecule has 1 heterocycles. The van der Waals surface area contributed by atoms with Gasteiger partial charge in [0, 0.05) is 23.2 Å². The number of benzene rings is 1. The molecule has 1 aromatic carbocycles. The van der Waals surface area contributed by atoms with E-state index in [9.17, 15) is 4.79 Å². The van der Waals surface area contributed by atoms with Crippen LogP contribution in [0.1, 0.15) is 10.9 Å². The summed E-state index contributed by atoms with van der Waals surface area (Å²) in [6.07, 6.45) is 2.45. The van der Waals surface area contributed by atoms with E-state index >= 15 is 0 Å². The molecule has 1 radical (unpaired) electrons. The second kappa shape index (κ2) is 3.23. The summed E-state index contributed by atoms with van der Waals surface area (Å²) in [5, 5.41) is 0.436. The van der Waals surface area contributed by atoms with Crippen LogP contribution in [-0.4, -0.2) is 11.3 Å². The van der Waals surface area contributed by atoms with Crippen LogP contribution in [0.5, 0.6) is 0 Å². The van der Waals surface area contributed by atoms with Crippen molar-refractivity contribution in [3.05, 3.63) is 36.0 Å². The number of halogens is 1. The lowest BCUT2D eigenvalue weighted by Crippen LogP contribution is -1.90. The maximum absolute atomic E-state index is 10.4. The Morgan fingerprint density at radius 2 is 2.38 bits per heavy atom. The zero-order valence-electron chi connectivity index (χ0n) is 6.75. The van der Waals surface area contributed by atoms with Crippen molar-refractivity contribution in [2.24, 2.45) is 0 Å². The van der Waals surface area contributed by atoms with Gasteiger partial charge in [0.05, 0.1) is 0 Å². The van der Waals surface area contributed by atoms with Crippen LogP contribution in [0.4, 0.5) is 0 Å². The van der Waals surface area contributed by atoms with Crippen molar-refractivity contribution in [1.82, 2.24) is 4.98 Å². The van der Waals surface area contributed by atoms with Gasteiger partial charge in [-0.3, -0.25) is 0 Å². The largest absolute Gasteiger partial charge is 0.361 e. The first-order chi connectivity index (χ1) is 6.31. The molecular weight excluding hydrogens is 186 g/mol. The molecule has 1 aromatic heterocycles. The predicted octanol–water partition coefficient (Wildman–Crippen LogP) is 2.45. The summed E-state index contributed by atoms with van der Waals surface area (Å²) in [6, 6.07) is 8.60. The fraction of sp³-hybridized carbons (Fsp3) is 0.100. The Bertz CT molecular complexity index is 435. The van der Waals surface area contributed by atoms with Gasteiger partial charge in [0.2, 0.25) is 0 Å². The average Bonchev–Trinajstić information content (AvgIpc) is 2.63. The maximum Gasteiger partial charge on any atom is 0.142 e. The summed E-state index contributed by atoms with van der Waals surface area (Å²) in [4.78, 5) is 13.4. The van der Waals surface area contributed by atoms with Crippen molar-refractivity contribution in [2.45, 2.75) is 5.38 Å². The molecule has 1 unspecified atom stereocenters. The summed E-state index contributed by atoms with van der Waals surface area (Å²) in [7, 11) is 0. The summed E-state index contributed by atoms with van der Waals surface area (Å²) in [5.74, 6) is 0. The van der Waals surface area contributed by atoms with Gasteiger partial charge in [0.1, 0.15) is 11.7 Å². The Hall–Kier alpha value is -1.28. The van der Waals surface area contributed by atoms with Crippen LogP contribution in [0.3, 0.4) is 0 Å². The van der Waals surface area contributed by atoms with Crippen molar-refractivity contribution in [3.63, 3.8) is 0 Å². The van der Waals surface area contributed by atoms with Crippen molar-refractivity contribution >= 4 is 28.8 Å². The monoisotopic (exact) mass is 192 g/mol. The first-order valence-corrected chi connectivity index (χ1v) is 4.33. The van der Waals surface area contributed by atoms with E-state index in [0.717, 1.165) is 22.8 Å². The molecule has 65 valence electrons. The molecule has 0 saturated heterocycles. The van der Waals surface area contributed by atoms with E-state index in [1.807, 2.05) is 18.2 Å². The highest BCUT2D eigenvalue weighted by molar-refractivity contribution is 6.27. The molecule has 0 amide bonds. The fourth-order valence-corrected chi connectivity index (χ4v) is 1.38. The van der Waals surface area contributed by atoms with Gasteiger partial charge >= 0.3 is 0 Å². The van der Waals surface area contributed by atoms with Gasteiger partial charge < -0.3 is 9.78 Å². The molecule has 1 atom stereocenters. The summed E-state index contributed by atoms with van der Waals surface area (Å²) >= 11 is 5.77. The van der Waals surface area contributed by atoms with E-state index in [1.165, 1.54) is 0 Å². The van der Waals surface area contributed by atoms with Gasteiger partial charge in [-0.1, -0.05) is 12.1 Å². The smallest absolute Gasteiger partial charge is 0.142 e. The van der Waals surface area contributed by atoms with Crippen LogP contribution in [0.2, 0.25) is 0 Å². The number of aldehydes is 1. The Labute approximate surface area is 80.5 Å². The molecule has 3 heteroatoms. The molecule has 13 heavy (non-hydrogen) atoms. The second-order valence-corrected chi connectivity index (χ2v) is 3.25. The van der Waals surface area contributed by atoms with Crippen molar-refractivity contribution in [1.29, 1.82) is 0 Å². The van der Waals surface area contributed by atoms with Gasteiger partial charge in [-0.25, -0.2) is 0 Å². The van der Waals surface area contributed by atoms with Crippen molar-refractivity contribution in [3.8, 4) is 0 Å². The molecule has 2 rings (SSSR count). The number of aromatic amines is 1. The number of nitrogens with one attached hydrogen (secondary N) is 1. The summed E-state index contributed by atoms with van der Waals surface area (Å²) < 4.78 is 0. The van der Waals surface area contributed by atoms with Gasteiger partial charge in [0.15, 0.2) is 0 Å². The number of alkyl halides is 1. The number of rotatable bonds is 2. The molecule has 0 saturated carbocycles. The van der Waals surface area contributed by atoms with E-state index in [1.54, 1.807) is 6.20 Å². The third kappa shape index (κ3) is 1.45. The van der Waals surface area contributed by atoms with E-state index in [2.05, 4.69) is 11.1 Å². The van der Waals surface area contributed by atoms with Crippen molar-refractivity contribution < 1.29 is 4.79 Å². The molecule has 0 aliphatic rings. The van der Waals surface area contributed by atoms with Gasteiger partial charge in [0.25, 0.3) is 0 Å². The Balaban J connectivity index is 2.53. The van der Waals surface area contributed by atoms with E-state index in [4.69, 9.17) is 11.6 Å². The minimum Gasteiger partial charge on any atom is -0.361 e. The Morgan fingerprint density at radius 1 is 1.54 bits per heavy atom. The SMILES string of the molecule is O=CC(Cl)c1ccc2[c]c[nH]c2c1. The minimum absolute atomic E-state index is 0.562. The minimum atomic E-state index is -0.562. The topological polar surface area (TPSA) is 32.9 Å². The number of hydrogen-bond acceptors (Lipinski definition) is 1. The lowest BCUT2D eigenvalue weighted by Gasteiger charge is -2.01. The Morgan fingerprint density at radius 3 is 3.15 bits per heavy atom. The maximum atomic E-state index is 10.4. The lowest BCUT2D eigenvalue weighted by molar-refractivity contribution is -0.107. The third-order valence-corrected chi connectivity index (χ3v) is 2.29. The highest BCUT2D eigenvalue weighted by Gasteiger charge is 2.06. The Kier molecular flexibility index (Phi) is 2.07. The van der Waals surface area contributed by atoms with E-state index < -0.39 is 5.38 Å². The molecule has 2 nitrogen and oxygen atoms in total. The molecule has 1 N–H and O–H groups in total. The molecule has 0 bridgehead atoms. The van der Waals surface area contributed by atoms with Crippen LogP contribution < -0.4 is 0 Å². The zero-order chi connectivity index (χ0) is 9.26. The molecule has 0 aliphatic heterocycles. The fourth-order valence-electron chi connectivity index (χ4n) is 1.25. The number of carbonyl (C=O) groups excluding carboxylic acids is 1. The molecule has 2 aromatic rings. The van der Waals surface area contributed by atoms with Crippen LogP contribution >= 0.6 is 11.6 Å². The van der Waals surface area contributed by atoms with E-state index in [-0.39, 0.29) is 0 Å². The normalized spacial score (nSPS) is 13.0. The van der Waals surface area contributed by atoms with Gasteiger partial charge in [-0.2, -0.15) is 0 Å². The number of H-pyrrole nitrogens is 1. The second-order valence-electron chi connectivity index (χ2n) is 2.78. The number of hydrogen-bond donors (Lipinski definition) is 1. The molecule has 0 spiro atoms. The number of aromatic nitrogens is 1. The van der Waals surface area contributed by atoms with Crippen LogP contribution in [0, 0.1) is 6.07 Å². The number of fused-ring (bicyclic) bond motifs is 1. The van der Waals surface area contributed by atoms with Crippen molar-refractivity contribution in [2.75, 3.05) is 0 Å². The first-order valence-electron chi connectivity index (χ1n) is 3.89. The highest BCUT2D eigenvalue weighted by Crippen LogP contribution is 2.21. The van der Waals surface area contributed by atoms with Crippen LogP contribution in [-0.2, 0) is 4.79 Å². The lowest BCUT2D eigenvalue weighted by atomic mass is 10.1. The summed E-state index contributed by atoms with van der Waals surface area (Å²) in [5.41, 5.74) is 1.75. The zero-order valence-corrected chi connectivity index (χ0v) is 7.51. The first kappa shape index (κ1) is 8.32. The molecule has 0 aliphatic carbocycles. The molecule has 0 fully saturated rings.